The SMILES string of the molecule is CC(C)CC(NC(=O)C(Cc1c[nH]c2ccccc12)NC(=O)C1CCCN1)C(=O)NC(Cc1cnc[nH]1)C(=O)O. The van der Waals surface area contributed by atoms with E-state index in [1.54, 1.807) is 0 Å². The van der Waals surface area contributed by atoms with Crippen molar-refractivity contribution in [2.24, 2.45) is 5.92 Å². The van der Waals surface area contributed by atoms with Gasteiger partial charge in [0.2, 0.25) is 17.7 Å². The van der Waals surface area contributed by atoms with Gasteiger partial charge in [-0.2, -0.15) is 0 Å². The van der Waals surface area contributed by atoms with Crippen LogP contribution in [0.25, 0.3) is 10.9 Å². The number of aromatic amines is 2. The maximum Gasteiger partial charge on any atom is 0.326 e. The molecular weight excluding hydrogens is 514 g/mol. The zero-order valence-electron chi connectivity index (χ0n) is 22.7. The Morgan fingerprint density at radius 3 is 2.42 bits per heavy atom. The van der Waals surface area contributed by atoms with Crippen molar-refractivity contribution in [1.29, 1.82) is 0 Å². The van der Waals surface area contributed by atoms with Crippen molar-refractivity contribution < 1.29 is 24.3 Å². The van der Waals surface area contributed by atoms with Crippen LogP contribution in [0.1, 0.15) is 44.4 Å². The first-order chi connectivity index (χ1) is 19.2. The Bertz CT molecular complexity index is 1310. The number of carbonyl (C=O) groups excluding carboxylic acids is 3. The lowest BCUT2D eigenvalue weighted by Crippen LogP contribution is -2.58. The van der Waals surface area contributed by atoms with Gasteiger partial charge in [-0.15, -0.1) is 0 Å². The van der Waals surface area contributed by atoms with Gasteiger partial charge in [0.05, 0.1) is 12.4 Å². The Morgan fingerprint density at radius 2 is 1.75 bits per heavy atom. The molecule has 0 aliphatic carbocycles. The number of benzene rings is 1. The van der Waals surface area contributed by atoms with Crippen LogP contribution in [0.5, 0.6) is 0 Å². The van der Waals surface area contributed by atoms with Crippen LogP contribution in [0, 0.1) is 5.92 Å². The number of rotatable bonds is 13. The van der Waals surface area contributed by atoms with Crippen molar-refractivity contribution in [3.63, 3.8) is 0 Å². The zero-order valence-corrected chi connectivity index (χ0v) is 22.7. The van der Waals surface area contributed by atoms with Crippen LogP contribution in [0.15, 0.2) is 43.0 Å². The number of amides is 3. The summed E-state index contributed by atoms with van der Waals surface area (Å²) in [5, 5.41) is 22.0. The number of aliphatic carboxylic acids is 1. The second-order valence-electron chi connectivity index (χ2n) is 10.6. The molecule has 2 aromatic heterocycles. The summed E-state index contributed by atoms with van der Waals surface area (Å²) < 4.78 is 0. The van der Waals surface area contributed by atoms with Gasteiger partial charge in [0.25, 0.3) is 0 Å². The molecule has 12 heteroatoms. The van der Waals surface area contributed by atoms with E-state index in [1.807, 2.05) is 44.3 Å². The van der Waals surface area contributed by atoms with E-state index in [-0.39, 0.29) is 37.1 Å². The molecule has 3 amide bonds. The molecule has 1 aromatic carbocycles. The molecule has 0 radical (unpaired) electrons. The lowest BCUT2D eigenvalue weighted by atomic mass is 10.00. The normalized spacial score (nSPS) is 17.3. The van der Waals surface area contributed by atoms with E-state index in [1.165, 1.54) is 12.5 Å². The third-order valence-corrected chi connectivity index (χ3v) is 7.04. The van der Waals surface area contributed by atoms with E-state index in [0.29, 0.717) is 12.1 Å². The van der Waals surface area contributed by atoms with Gasteiger partial charge in [-0.3, -0.25) is 14.4 Å². The smallest absolute Gasteiger partial charge is 0.326 e. The van der Waals surface area contributed by atoms with E-state index >= 15 is 0 Å². The summed E-state index contributed by atoms with van der Waals surface area (Å²) >= 11 is 0. The van der Waals surface area contributed by atoms with Crippen molar-refractivity contribution in [1.82, 2.24) is 36.2 Å². The van der Waals surface area contributed by atoms with Crippen LogP contribution in [0.4, 0.5) is 0 Å². The molecule has 3 aromatic rings. The fraction of sp³-hybridized carbons (Fsp3) is 0.464. The van der Waals surface area contributed by atoms with Gasteiger partial charge in [-0.05, 0) is 43.4 Å². The lowest BCUT2D eigenvalue weighted by molar-refractivity contribution is -0.142. The van der Waals surface area contributed by atoms with Gasteiger partial charge in [0, 0.05) is 41.8 Å². The Hall–Kier alpha value is -4.19. The summed E-state index contributed by atoms with van der Waals surface area (Å²) in [5.74, 6) is -2.57. The molecule has 40 heavy (non-hydrogen) atoms. The molecular formula is C28H37N7O5. The Labute approximate surface area is 232 Å². The average Bonchev–Trinajstić information content (AvgIpc) is 3.70. The zero-order chi connectivity index (χ0) is 28.6. The van der Waals surface area contributed by atoms with E-state index in [2.05, 4.69) is 36.2 Å². The highest BCUT2D eigenvalue weighted by Crippen LogP contribution is 2.20. The number of para-hydroxylation sites is 1. The van der Waals surface area contributed by atoms with Crippen molar-refractivity contribution >= 4 is 34.6 Å². The lowest BCUT2D eigenvalue weighted by Gasteiger charge is -2.26. The first-order valence-corrected chi connectivity index (χ1v) is 13.6. The first-order valence-electron chi connectivity index (χ1n) is 13.6. The molecule has 7 N–H and O–H groups in total. The molecule has 4 atom stereocenters. The highest BCUT2D eigenvalue weighted by atomic mass is 16.4. The minimum atomic E-state index is -1.21. The molecule has 0 spiro atoms. The van der Waals surface area contributed by atoms with Crippen LogP contribution in [0.3, 0.4) is 0 Å². The standard InChI is InChI=1S/C28H37N7O5/c1-16(2)10-22(26(37)35-24(28(39)40)12-18-14-29-15-32-18)33-27(38)23(34-25(36)21-8-5-9-30-21)11-17-13-31-20-7-4-3-6-19(17)20/h3-4,6-7,13-16,21-24,30-31H,5,8-12H2,1-2H3,(H,29,32)(H,33,38)(H,34,36)(H,35,37)(H,39,40). The Balaban J connectivity index is 1.52. The van der Waals surface area contributed by atoms with Crippen molar-refractivity contribution in [3.8, 4) is 0 Å². The minimum absolute atomic E-state index is 0.0110. The molecule has 1 fully saturated rings. The Kier molecular flexibility index (Phi) is 9.54. The predicted octanol–water partition coefficient (Wildman–Crippen LogP) is 1.01. The third kappa shape index (κ3) is 7.47. The number of H-pyrrole nitrogens is 2. The van der Waals surface area contributed by atoms with Crippen molar-refractivity contribution in [2.75, 3.05) is 6.54 Å². The quantitative estimate of drug-likeness (QED) is 0.165. The van der Waals surface area contributed by atoms with Gasteiger partial charge in [0.1, 0.15) is 18.1 Å². The molecule has 3 heterocycles. The minimum Gasteiger partial charge on any atom is -0.480 e. The number of carboxylic acids is 1. The number of nitrogens with one attached hydrogen (secondary N) is 6. The summed E-state index contributed by atoms with van der Waals surface area (Å²) in [6, 6.07) is 4.14. The molecule has 0 saturated carbocycles. The molecule has 4 rings (SSSR count). The van der Waals surface area contributed by atoms with Gasteiger partial charge in [0.15, 0.2) is 0 Å². The number of aromatic nitrogens is 3. The topological polar surface area (TPSA) is 181 Å². The number of hydrogen-bond donors (Lipinski definition) is 7. The van der Waals surface area contributed by atoms with Crippen LogP contribution >= 0.6 is 0 Å². The summed E-state index contributed by atoms with van der Waals surface area (Å²) in [4.78, 5) is 61.7. The number of carbonyl (C=O) groups is 4. The maximum absolute atomic E-state index is 13.7. The molecule has 0 bridgehead atoms. The van der Waals surface area contributed by atoms with Crippen molar-refractivity contribution in [2.45, 2.75) is 70.1 Å². The van der Waals surface area contributed by atoms with Crippen LogP contribution < -0.4 is 21.3 Å². The van der Waals surface area contributed by atoms with Gasteiger partial charge in [-0.1, -0.05) is 32.0 Å². The third-order valence-electron chi connectivity index (χ3n) is 7.04. The van der Waals surface area contributed by atoms with Crippen LogP contribution in [-0.4, -0.2) is 74.5 Å². The highest BCUT2D eigenvalue weighted by Gasteiger charge is 2.32. The van der Waals surface area contributed by atoms with Crippen LogP contribution in [-0.2, 0) is 32.0 Å². The largest absolute Gasteiger partial charge is 0.480 e. The predicted molar refractivity (Wildman–Crippen MR) is 148 cm³/mol. The molecule has 4 unspecified atom stereocenters. The summed E-state index contributed by atoms with van der Waals surface area (Å²) in [6.45, 7) is 4.54. The van der Waals surface area contributed by atoms with E-state index in [0.717, 1.165) is 29.4 Å². The maximum atomic E-state index is 13.7. The molecule has 12 nitrogen and oxygen atoms in total. The van der Waals surface area contributed by atoms with E-state index in [9.17, 15) is 24.3 Å². The second-order valence-corrected chi connectivity index (χ2v) is 10.6. The van der Waals surface area contributed by atoms with E-state index in [4.69, 9.17) is 0 Å². The molecule has 1 aliphatic rings. The molecule has 1 saturated heterocycles. The summed E-state index contributed by atoms with van der Waals surface area (Å²) in [6.07, 6.45) is 6.80. The van der Waals surface area contributed by atoms with Crippen molar-refractivity contribution in [3.05, 3.63) is 54.2 Å². The van der Waals surface area contributed by atoms with Gasteiger partial charge < -0.3 is 36.3 Å². The average molecular weight is 552 g/mol. The van der Waals surface area contributed by atoms with Gasteiger partial charge >= 0.3 is 5.97 Å². The van der Waals surface area contributed by atoms with Crippen LogP contribution in [0.2, 0.25) is 0 Å². The highest BCUT2D eigenvalue weighted by molar-refractivity contribution is 5.95. The number of carboxylic acid groups (broad SMARTS) is 1. The second kappa shape index (κ2) is 13.2. The first kappa shape index (κ1) is 28.8. The molecule has 214 valence electrons. The summed E-state index contributed by atoms with van der Waals surface area (Å²) in [5.41, 5.74) is 2.32. The number of nitrogens with zero attached hydrogens (tertiary/aromatic N) is 1. The molecule has 1 aliphatic heterocycles. The number of imidazole rings is 1. The van der Waals surface area contributed by atoms with E-state index < -0.39 is 35.9 Å². The number of fused-ring (bicyclic) bond motifs is 1. The fourth-order valence-corrected chi connectivity index (χ4v) is 4.97. The summed E-state index contributed by atoms with van der Waals surface area (Å²) in [7, 11) is 0. The van der Waals surface area contributed by atoms with Gasteiger partial charge in [-0.25, -0.2) is 9.78 Å². The Morgan fingerprint density at radius 1 is 1.00 bits per heavy atom. The fourth-order valence-electron chi connectivity index (χ4n) is 4.97. The number of hydrogen-bond acceptors (Lipinski definition) is 6. The monoisotopic (exact) mass is 551 g/mol.